The molecule has 2 aromatic carbocycles. The van der Waals surface area contributed by atoms with E-state index >= 15 is 0 Å². The zero-order chi connectivity index (χ0) is 23.3. The van der Waals surface area contributed by atoms with Crippen molar-refractivity contribution >= 4 is 44.6 Å². The summed E-state index contributed by atoms with van der Waals surface area (Å²) in [4.78, 5) is 10.9. The summed E-state index contributed by atoms with van der Waals surface area (Å²) in [5, 5.41) is 3.08. The molecule has 3 aromatic rings. The van der Waals surface area contributed by atoms with Crippen LogP contribution in [0.25, 0.3) is 0 Å². The van der Waals surface area contributed by atoms with Crippen LogP contribution in [0.2, 0.25) is 5.02 Å². The predicted octanol–water partition coefficient (Wildman–Crippen LogP) is 5.02. The second kappa shape index (κ2) is 10.0. The summed E-state index contributed by atoms with van der Waals surface area (Å²) in [5.41, 5.74) is 0.968. The van der Waals surface area contributed by atoms with Crippen LogP contribution in [0.4, 0.5) is 27.4 Å². The van der Waals surface area contributed by atoms with Crippen molar-refractivity contribution in [2.75, 3.05) is 34.3 Å². The van der Waals surface area contributed by atoms with Crippen molar-refractivity contribution < 1.29 is 17.5 Å². The Balaban J connectivity index is 1.89. The summed E-state index contributed by atoms with van der Waals surface area (Å²) in [7, 11) is -3.37. The summed E-state index contributed by atoms with van der Waals surface area (Å²) >= 11 is 5.87. The van der Waals surface area contributed by atoms with Gasteiger partial charge >= 0.3 is 6.01 Å². The minimum atomic E-state index is -3.37. The molecule has 0 aliphatic carbocycles. The summed E-state index contributed by atoms with van der Waals surface area (Å²) < 4.78 is 44.4. The summed E-state index contributed by atoms with van der Waals surface area (Å²) in [6, 6.07) is 12.5. The highest BCUT2D eigenvalue weighted by Crippen LogP contribution is 2.28. The fourth-order valence-corrected chi connectivity index (χ4v) is 3.61. The molecule has 0 unspecified atom stereocenters. The van der Waals surface area contributed by atoms with E-state index in [9.17, 15) is 12.8 Å². The number of anilines is 4. The van der Waals surface area contributed by atoms with Crippen LogP contribution in [0.5, 0.6) is 11.8 Å². The Bertz CT molecular complexity index is 1190. The monoisotopic (exact) mass is 479 g/mol. The van der Waals surface area contributed by atoms with Crippen LogP contribution in [0.3, 0.4) is 0 Å². The number of hydrogen-bond acceptors (Lipinski definition) is 7. The molecule has 0 fully saturated rings. The van der Waals surface area contributed by atoms with E-state index in [2.05, 4.69) is 20.0 Å². The summed E-state index contributed by atoms with van der Waals surface area (Å²) in [6.45, 7) is 5.46. The number of ether oxygens (including phenoxy) is 1. The lowest BCUT2D eigenvalue weighted by Crippen LogP contribution is -2.23. The van der Waals surface area contributed by atoms with Gasteiger partial charge in [-0.2, -0.15) is 9.97 Å². The number of rotatable bonds is 9. The van der Waals surface area contributed by atoms with Crippen LogP contribution in [0.15, 0.2) is 48.5 Å². The molecule has 0 amide bonds. The second-order valence-electron chi connectivity index (χ2n) is 6.82. The lowest BCUT2D eigenvalue weighted by Gasteiger charge is -2.21. The lowest BCUT2D eigenvalue weighted by atomic mass is 10.3. The first-order valence-electron chi connectivity index (χ1n) is 9.78. The van der Waals surface area contributed by atoms with Crippen LogP contribution >= 0.6 is 11.6 Å². The topological polar surface area (TPSA) is 96.5 Å². The van der Waals surface area contributed by atoms with Gasteiger partial charge in [0, 0.05) is 30.5 Å². The molecule has 0 spiro atoms. The van der Waals surface area contributed by atoms with E-state index in [0.29, 0.717) is 28.8 Å². The minimum Gasteiger partial charge on any atom is -0.424 e. The van der Waals surface area contributed by atoms with Gasteiger partial charge in [-0.3, -0.25) is 4.72 Å². The number of nitrogens with one attached hydrogen (secondary N) is 2. The van der Waals surface area contributed by atoms with E-state index in [1.165, 1.54) is 12.1 Å². The van der Waals surface area contributed by atoms with Gasteiger partial charge in [-0.25, -0.2) is 12.8 Å². The summed E-state index contributed by atoms with van der Waals surface area (Å²) in [5.74, 6) is 0.999. The van der Waals surface area contributed by atoms with E-state index < -0.39 is 15.8 Å². The van der Waals surface area contributed by atoms with Crippen LogP contribution in [-0.2, 0) is 10.0 Å². The van der Waals surface area contributed by atoms with Gasteiger partial charge in [0.25, 0.3) is 0 Å². The zero-order valence-corrected chi connectivity index (χ0v) is 19.3. The first-order chi connectivity index (χ1) is 15.2. The van der Waals surface area contributed by atoms with E-state index in [-0.39, 0.29) is 11.0 Å². The number of nitrogens with zero attached hydrogens (tertiary/aromatic N) is 3. The lowest BCUT2D eigenvalue weighted by molar-refractivity contribution is 0.442. The molecule has 0 saturated heterocycles. The van der Waals surface area contributed by atoms with Gasteiger partial charge in [0.2, 0.25) is 10.0 Å². The molecule has 1 aromatic heterocycles. The highest BCUT2D eigenvalue weighted by Gasteiger charge is 2.12. The molecule has 3 rings (SSSR count). The molecule has 170 valence electrons. The molecule has 8 nitrogen and oxygen atoms in total. The number of hydrogen-bond donors (Lipinski definition) is 2. The molecule has 2 N–H and O–H groups in total. The first kappa shape index (κ1) is 23.6. The number of aromatic nitrogens is 2. The van der Waals surface area contributed by atoms with Gasteiger partial charge in [0.15, 0.2) is 0 Å². The second-order valence-corrected chi connectivity index (χ2v) is 8.98. The minimum absolute atomic E-state index is 0.00714. The van der Waals surface area contributed by atoms with E-state index in [4.69, 9.17) is 16.3 Å². The third-order valence-corrected chi connectivity index (χ3v) is 5.23. The van der Waals surface area contributed by atoms with Crippen molar-refractivity contribution in [3.63, 3.8) is 0 Å². The first-order valence-corrected chi connectivity index (χ1v) is 12.1. The molecular weight excluding hydrogens is 457 g/mol. The molecule has 0 radical (unpaired) electrons. The van der Waals surface area contributed by atoms with Crippen LogP contribution in [0, 0.1) is 5.82 Å². The van der Waals surface area contributed by atoms with Gasteiger partial charge in [-0.1, -0.05) is 11.6 Å². The fraction of sp³-hybridized carbons (Fsp3) is 0.238. The van der Waals surface area contributed by atoms with E-state index in [1.54, 1.807) is 36.4 Å². The van der Waals surface area contributed by atoms with Crippen LogP contribution in [-0.4, -0.2) is 37.7 Å². The number of halogens is 2. The molecule has 0 saturated carbocycles. The Labute approximate surface area is 191 Å². The maximum atomic E-state index is 13.5. The standard InChI is InChI=1S/C21H23ClFN5O3S/c1-4-28(5-2)20-13-19(24-15-8-11-18(23)17(22)12-15)25-21(26-20)31-16-9-6-14(7-10-16)27-32(3,29)30/h6-13,27H,4-5H2,1-3H3,(H,24,25,26). The van der Waals surface area contributed by atoms with Gasteiger partial charge in [0.05, 0.1) is 11.3 Å². The molecule has 0 aliphatic heterocycles. The zero-order valence-electron chi connectivity index (χ0n) is 17.8. The highest BCUT2D eigenvalue weighted by atomic mass is 35.5. The number of benzene rings is 2. The number of sulfonamides is 1. The van der Waals surface area contributed by atoms with Crippen LogP contribution < -0.4 is 19.7 Å². The average molecular weight is 480 g/mol. The van der Waals surface area contributed by atoms with Gasteiger partial charge in [-0.15, -0.1) is 0 Å². The van der Waals surface area contributed by atoms with Crippen molar-refractivity contribution in [2.45, 2.75) is 13.8 Å². The molecule has 0 atom stereocenters. The Morgan fingerprint density at radius 2 is 1.69 bits per heavy atom. The Morgan fingerprint density at radius 1 is 1.03 bits per heavy atom. The van der Waals surface area contributed by atoms with Crippen molar-refractivity contribution in [1.29, 1.82) is 0 Å². The van der Waals surface area contributed by atoms with Crippen molar-refractivity contribution in [2.24, 2.45) is 0 Å². The molecule has 11 heteroatoms. The quantitative estimate of drug-likeness (QED) is 0.444. The van der Waals surface area contributed by atoms with E-state index in [0.717, 1.165) is 19.3 Å². The predicted molar refractivity (Wildman–Crippen MR) is 125 cm³/mol. The SMILES string of the molecule is CCN(CC)c1cc(Nc2ccc(F)c(Cl)c2)nc(Oc2ccc(NS(C)(=O)=O)cc2)n1. The van der Waals surface area contributed by atoms with Crippen molar-refractivity contribution in [3.8, 4) is 11.8 Å². The van der Waals surface area contributed by atoms with Crippen LogP contribution in [0.1, 0.15) is 13.8 Å². The molecular formula is C21H23ClFN5O3S. The normalized spacial score (nSPS) is 11.2. The smallest absolute Gasteiger partial charge is 0.325 e. The van der Waals surface area contributed by atoms with Gasteiger partial charge < -0.3 is 15.0 Å². The summed E-state index contributed by atoms with van der Waals surface area (Å²) in [6.07, 6.45) is 1.08. The molecule has 1 heterocycles. The molecule has 0 bridgehead atoms. The molecule has 0 aliphatic rings. The van der Waals surface area contributed by atoms with Crippen molar-refractivity contribution in [3.05, 3.63) is 59.4 Å². The van der Waals surface area contributed by atoms with E-state index in [1.807, 2.05) is 18.7 Å². The average Bonchev–Trinajstić information content (AvgIpc) is 2.72. The maximum absolute atomic E-state index is 13.5. The third-order valence-electron chi connectivity index (χ3n) is 4.34. The van der Waals surface area contributed by atoms with Gasteiger partial charge in [-0.05, 0) is 56.3 Å². The fourth-order valence-electron chi connectivity index (χ4n) is 2.86. The molecule has 32 heavy (non-hydrogen) atoms. The third kappa shape index (κ3) is 6.44. The van der Waals surface area contributed by atoms with Gasteiger partial charge in [0.1, 0.15) is 23.2 Å². The largest absolute Gasteiger partial charge is 0.424 e. The Kier molecular flexibility index (Phi) is 7.37. The maximum Gasteiger partial charge on any atom is 0.325 e. The Hall–Kier alpha value is -3.11. The highest BCUT2D eigenvalue weighted by molar-refractivity contribution is 7.92. The van der Waals surface area contributed by atoms with Crippen molar-refractivity contribution in [1.82, 2.24) is 9.97 Å². The Morgan fingerprint density at radius 3 is 2.28 bits per heavy atom.